The molecule has 254 valence electrons. The van der Waals surface area contributed by atoms with Crippen molar-refractivity contribution < 1.29 is 44.6 Å². The van der Waals surface area contributed by atoms with Crippen LogP contribution in [0.25, 0.3) is 0 Å². The highest BCUT2D eigenvalue weighted by Gasteiger charge is 2.73. The molecule has 5 N–H and O–H groups in total. The van der Waals surface area contributed by atoms with Gasteiger partial charge in [0.15, 0.2) is 6.29 Å². The minimum atomic E-state index is -1.36. The third-order valence-corrected chi connectivity index (χ3v) is 15.3. The van der Waals surface area contributed by atoms with Gasteiger partial charge in [-0.15, -0.1) is 0 Å². The van der Waals surface area contributed by atoms with Crippen LogP contribution < -0.4 is 0 Å². The van der Waals surface area contributed by atoms with E-state index >= 15 is 0 Å². The molecule has 1 heterocycles. The van der Waals surface area contributed by atoms with E-state index in [1.807, 2.05) is 0 Å². The van der Waals surface area contributed by atoms with Gasteiger partial charge in [0.2, 0.25) is 0 Å². The molecule has 6 aliphatic rings. The summed E-state index contributed by atoms with van der Waals surface area (Å²) in [5.74, 6) is -1.08. The number of carboxylic acids is 2. The van der Waals surface area contributed by atoms with Crippen molar-refractivity contribution in [2.75, 3.05) is 0 Å². The average Bonchev–Trinajstić information content (AvgIpc) is 2.97. The topological polar surface area (TPSA) is 154 Å². The molecule has 1 unspecified atom stereocenters. The Morgan fingerprint density at radius 2 is 1.51 bits per heavy atom. The minimum absolute atomic E-state index is 0.0958. The van der Waals surface area contributed by atoms with E-state index in [0.717, 1.165) is 37.7 Å². The number of aliphatic hydroxyl groups is 3. The van der Waals surface area contributed by atoms with Crippen molar-refractivity contribution in [1.29, 1.82) is 0 Å². The van der Waals surface area contributed by atoms with E-state index < -0.39 is 58.9 Å². The summed E-state index contributed by atoms with van der Waals surface area (Å²) in [4.78, 5) is 26.8. The highest BCUT2D eigenvalue weighted by molar-refractivity contribution is 5.84. The Bertz CT molecular complexity index is 1250. The Hall–Kier alpha value is -1.52. The Morgan fingerprint density at radius 1 is 0.822 bits per heavy atom. The molecule has 9 nitrogen and oxygen atoms in total. The van der Waals surface area contributed by atoms with Crippen molar-refractivity contribution in [3.63, 3.8) is 0 Å². The van der Waals surface area contributed by atoms with Crippen LogP contribution in [0.15, 0.2) is 11.6 Å². The second-order valence-corrected chi connectivity index (χ2v) is 17.2. The van der Waals surface area contributed by atoms with Crippen LogP contribution in [0.5, 0.6) is 0 Å². The standard InChI is InChI=1S/C36H56O9/c1-18-10-15-35(30(40)41)16-17-36(31(42)43)21(25(35)19(18)2)8-9-23-33(6)13-12-24(32(4,5)22(33)11-14-34(23,36)7)45-29-28(39)27(38)26(37)20(3)44-29/h8,18-20,22-29,37-39H,9-17H2,1-7H3,(H,40,41)(H,42,43)/t18-,19+,20-,22?,23-,24+,25+,26-,27+,28-,29+,33+,34-,35+,36-/m1/s1. The predicted octanol–water partition coefficient (Wildman–Crippen LogP) is 5.01. The van der Waals surface area contributed by atoms with Crippen LogP contribution in [0.2, 0.25) is 0 Å². The van der Waals surface area contributed by atoms with E-state index in [1.165, 1.54) is 0 Å². The number of aliphatic hydroxyl groups excluding tert-OH is 3. The van der Waals surface area contributed by atoms with Crippen molar-refractivity contribution >= 4 is 11.9 Å². The van der Waals surface area contributed by atoms with E-state index in [-0.39, 0.29) is 40.6 Å². The van der Waals surface area contributed by atoms with Crippen molar-refractivity contribution in [3.05, 3.63) is 11.6 Å². The summed E-state index contributed by atoms with van der Waals surface area (Å²) in [6, 6.07) is 0. The highest BCUT2D eigenvalue weighted by Crippen LogP contribution is 2.76. The van der Waals surface area contributed by atoms with Gasteiger partial charge in [0.05, 0.1) is 23.0 Å². The molecule has 5 aliphatic carbocycles. The Labute approximate surface area is 267 Å². The Balaban J connectivity index is 1.35. The zero-order valence-corrected chi connectivity index (χ0v) is 28.2. The minimum Gasteiger partial charge on any atom is -0.481 e. The maximum absolute atomic E-state index is 13.8. The summed E-state index contributed by atoms with van der Waals surface area (Å²) in [6.07, 6.45) is 2.36. The predicted molar refractivity (Wildman–Crippen MR) is 166 cm³/mol. The number of aliphatic carboxylic acids is 2. The van der Waals surface area contributed by atoms with Gasteiger partial charge in [0, 0.05) is 0 Å². The summed E-state index contributed by atoms with van der Waals surface area (Å²) >= 11 is 0. The molecule has 1 aliphatic heterocycles. The van der Waals surface area contributed by atoms with E-state index in [9.17, 15) is 35.1 Å². The Morgan fingerprint density at radius 3 is 2.16 bits per heavy atom. The molecule has 9 heteroatoms. The van der Waals surface area contributed by atoms with Gasteiger partial charge in [0.1, 0.15) is 18.3 Å². The molecule has 1 saturated heterocycles. The van der Waals surface area contributed by atoms with E-state index in [1.54, 1.807) is 6.92 Å². The molecule has 6 rings (SSSR count). The number of fused-ring (bicyclic) bond motifs is 7. The van der Waals surface area contributed by atoms with Crippen LogP contribution in [0, 0.1) is 56.7 Å². The first kappa shape index (κ1) is 33.4. The second kappa shape index (κ2) is 10.7. The first-order chi connectivity index (χ1) is 20.9. The normalized spacial score (nSPS) is 54.0. The molecule has 0 bridgehead atoms. The Kier molecular flexibility index (Phi) is 7.97. The number of hydrogen-bond donors (Lipinski definition) is 5. The maximum Gasteiger partial charge on any atom is 0.314 e. The fourth-order valence-electron chi connectivity index (χ4n) is 12.5. The molecule has 0 spiro atoms. The number of rotatable bonds is 4. The zero-order chi connectivity index (χ0) is 33.1. The number of carbonyl (C=O) groups is 2. The van der Waals surface area contributed by atoms with Crippen molar-refractivity contribution in [2.24, 2.45) is 56.7 Å². The third kappa shape index (κ3) is 4.28. The van der Waals surface area contributed by atoms with Gasteiger partial charge in [-0.3, -0.25) is 9.59 Å². The quantitative estimate of drug-likeness (QED) is 0.213. The molecule has 45 heavy (non-hydrogen) atoms. The lowest BCUT2D eigenvalue weighted by Gasteiger charge is -2.70. The largest absolute Gasteiger partial charge is 0.481 e. The first-order valence-electron chi connectivity index (χ1n) is 17.4. The van der Waals surface area contributed by atoms with Gasteiger partial charge in [-0.25, -0.2) is 0 Å². The van der Waals surface area contributed by atoms with Gasteiger partial charge in [-0.2, -0.15) is 0 Å². The van der Waals surface area contributed by atoms with Crippen LogP contribution in [0.1, 0.15) is 106 Å². The van der Waals surface area contributed by atoms with Crippen LogP contribution in [0.4, 0.5) is 0 Å². The van der Waals surface area contributed by atoms with Gasteiger partial charge in [-0.05, 0) is 111 Å². The fourth-order valence-corrected chi connectivity index (χ4v) is 12.5. The van der Waals surface area contributed by atoms with Crippen molar-refractivity contribution in [3.8, 4) is 0 Å². The first-order valence-corrected chi connectivity index (χ1v) is 17.4. The van der Waals surface area contributed by atoms with Gasteiger partial charge in [0.25, 0.3) is 0 Å². The summed E-state index contributed by atoms with van der Waals surface area (Å²) in [7, 11) is 0. The zero-order valence-electron chi connectivity index (χ0n) is 28.2. The van der Waals surface area contributed by atoms with Crippen molar-refractivity contribution in [1.82, 2.24) is 0 Å². The monoisotopic (exact) mass is 632 g/mol. The van der Waals surface area contributed by atoms with Gasteiger partial charge < -0.3 is 35.0 Å². The van der Waals surface area contributed by atoms with E-state index in [2.05, 4.69) is 47.6 Å². The number of ether oxygens (including phenoxy) is 2. The molecule has 4 saturated carbocycles. The summed E-state index contributed by atoms with van der Waals surface area (Å²) in [6.45, 7) is 15.0. The van der Waals surface area contributed by atoms with Gasteiger partial charge >= 0.3 is 11.9 Å². The average molecular weight is 633 g/mol. The lowest BCUT2D eigenvalue weighted by Crippen LogP contribution is -2.68. The molecule has 5 fully saturated rings. The number of carboxylic acid groups (broad SMARTS) is 2. The second-order valence-electron chi connectivity index (χ2n) is 17.2. The lowest BCUT2D eigenvalue weighted by atomic mass is 9.33. The summed E-state index contributed by atoms with van der Waals surface area (Å²) < 4.78 is 12.3. The summed E-state index contributed by atoms with van der Waals surface area (Å²) in [5, 5.41) is 53.2. The smallest absolute Gasteiger partial charge is 0.314 e. The molecule has 0 aromatic heterocycles. The molecule has 0 aromatic carbocycles. The van der Waals surface area contributed by atoms with Gasteiger partial charge in [-0.1, -0.05) is 53.2 Å². The SMILES string of the molecule is C[C@H]1[C@H](C)CC[C@]2(C(=O)O)CC[C@]3(C(=O)O)C(=CC[C@@H]4[C@@]5(C)CC[C@H](O[C@@H]6O[C@H](C)[C@@H](O)[C@H](O)[C@H]6O)C(C)(C)C5CC[C@]43C)[C@H]12. The lowest BCUT2D eigenvalue weighted by molar-refractivity contribution is -0.324. The fraction of sp³-hybridized carbons (Fsp3) is 0.889. The van der Waals surface area contributed by atoms with Crippen molar-refractivity contribution in [2.45, 2.75) is 143 Å². The maximum atomic E-state index is 13.8. The summed E-state index contributed by atoms with van der Waals surface area (Å²) in [5.41, 5.74) is -2.13. The third-order valence-electron chi connectivity index (χ3n) is 15.3. The molecule has 0 amide bonds. The molecule has 0 radical (unpaired) electrons. The van der Waals surface area contributed by atoms with Crippen LogP contribution in [-0.2, 0) is 19.1 Å². The molecular formula is C36H56O9. The number of allylic oxidation sites excluding steroid dienone is 1. The van der Waals surface area contributed by atoms with Crippen LogP contribution in [-0.4, -0.2) is 74.3 Å². The number of hydrogen-bond acceptors (Lipinski definition) is 7. The van der Waals surface area contributed by atoms with Crippen LogP contribution >= 0.6 is 0 Å². The molecule has 0 aromatic rings. The molecule has 15 atom stereocenters. The van der Waals surface area contributed by atoms with Crippen LogP contribution in [0.3, 0.4) is 0 Å². The van der Waals surface area contributed by atoms with E-state index in [0.29, 0.717) is 31.6 Å². The van der Waals surface area contributed by atoms with E-state index in [4.69, 9.17) is 9.47 Å². The highest BCUT2D eigenvalue weighted by atomic mass is 16.7. The molecular weight excluding hydrogens is 576 g/mol.